The van der Waals surface area contributed by atoms with E-state index >= 15 is 0 Å². The first kappa shape index (κ1) is 16.7. The summed E-state index contributed by atoms with van der Waals surface area (Å²) >= 11 is 0. The summed E-state index contributed by atoms with van der Waals surface area (Å²) in [5.74, 6) is -1.56. The zero-order chi connectivity index (χ0) is 16.4. The van der Waals surface area contributed by atoms with Crippen LogP contribution < -0.4 is 5.32 Å². The van der Waals surface area contributed by atoms with Crippen molar-refractivity contribution in [2.24, 2.45) is 12.5 Å². The van der Waals surface area contributed by atoms with Crippen LogP contribution in [0.3, 0.4) is 0 Å². The Morgan fingerprint density at radius 2 is 2.05 bits per heavy atom. The molecule has 0 aliphatic rings. The van der Waals surface area contributed by atoms with E-state index < -0.39 is 28.3 Å². The first-order valence-electron chi connectivity index (χ1n) is 6.35. The van der Waals surface area contributed by atoms with E-state index in [4.69, 9.17) is 5.11 Å². The third-order valence-corrected chi connectivity index (χ3v) is 3.16. The summed E-state index contributed by atoms with van der Waals surface area (Å²) in [7, 11) is 1.52. The zero-order valence-electron chi connectivity index (χ0n) is 12.4. The first-order chi connectivity index (χ1) is 9.52. The Morgan fingerprint density at radius 1 is 1.48 bits per heavy atom. The maximum atomic E-state index is 12.2. The zero-order valence-corrected chi connectivity index (χ0v) is 12.4. The Kier molecular flexibility index (Phi) is 4.72. The lowest BCUT2D eigenvalue weighted by Crippen LogP contribution is -2.45. The number of aliphatic carboxylic acids is 1. The number of carboxylic acid groups (broad SMARTS) is 1. The fraction of sp³-hybridized carbons (Fsp3) is 0.538. The fourth-order valence-electron chi connectivity index (χ4n) is 1.85. The molecule has 8 nitrogen and oxygen atoms in total. The molecule has 0 spiro atoms. The second-order valence-corrected chi connectivity index (χ2v) is 5.94. The van der Waals surface area contributed by atoms with E-state index in [1.807, 2.05) is 20.8 Å². The molecule has 0 saturated carbocycles. The molecule has 0 aliphatic carbocycles. The average molecular weight is 297 g/mol. The number of rotatable bonds is 5. The normalized spacial score (nSPS) is 12.8. The molecule has 1 aromatic rings. The van der Waals surface area contributed by atoms with Crippen LogP contribution >= 0.6 is 0 Å². The molecule has 0 aliphatic heterocycles. The summed E-state index contributed by atoms with van der Waals surface area (Å²) in [6, 6.07) is 0.576. The highest BCUT2D eigenvalue weighted by molar-refractivity contribution is 5.94. The van der Waals surface area contributed by atoms with Crippen molar-refractivity contribution in [1.29, 1.82) is 0 Å². The highest BCUT2D eigenvalue weighted by atomic mass is 16.6. The number of nitrogens with zero attached hydrogens (tertiary/aromatic N) is 2. The van der Waals surface area contributed by atoms with Gasteiger partial charge >= 0.3 is 5.97 Å². The van der Waals surface area contributed by atoms with Gasteiger partial charge in [-0.3, -0.25) is 19.7 Å². The number of carbonyl (C=O) groups is 2. The van der Waals surface area contributed by atoms with Crippen molar-refractivity contribution in [2.75, 3.05) is 0 Å². The molecule has 21 heavy (non-hydrogen) atoms. The van der Waals surface area contributed by atoms with Gasteiger partial charge in [0.1, 0.15) is 5.69 Å². The number of aryl methyl sites for hydroxylation is 1. The van der Waals surface area contributed by atoms with Crippen molar-refractivity contribution >= 4 is 17.6 Å². The molecule has 0 bridgehead atoms. The van der Waals surface area contributed by atoms with E-state index in [0.717, 1.165) is 6.07 Å². The van der Waals surface area contributed by atoms with Gasteiger partial charge in [0.05, 0.1) is 17.5 Å². The standard InChI is InChI=1S/C13H19N3O5/c1-13(2,3)10(6-11(17)18)14-12(19)9-5-8(16(20)21)7-15(9)4/h5,7,10H,6H2,1-4H3,(H,14,19)(H,17,18). The summed E-state index contributed by atoms with van der Waals surface area (Å²) in [5, 5.41) is 22.2. The third-order valence-electron chi connectivity index (χ3n) is 3.16. The van der Waals surface area contributed by atoms with Crippen molar-refractivity contribution in [1.82, 2.24) is 9.88 Å². The second kappa shape index (κ2) is 5.94. The highest BCUT2D eigenvalue weighted by Gasteiger charge is 2.30. The number of nitro groups is 1. The van der Waals surface area contributed by atoms with Gasteiger partial charge in [-0.25, -0.2) is 0 Å². The minimum absolute atomic E-state index is 0.112. The molecule has 0 radical (unpaired) electrons. The molecule has 1 amide bonds. The fourth-order valence-corrected chi connectivity index (χ4v) is 1.85. The van der Waals surface area contributed by atoms with Crippen LogP contribution in [0, 0.1) is 15.5 Å². The molecule has 1 atom stereocenters. The van der Waals surface area contributed by atoms with Gasteiger partial charge in [0.25, 0.3) is 11.6 Å². The van der Waals surface area contributed by atoms with Crippen LogP contribution in [-0.2, 0) is 11.8 Å². The topological polar surface area (TPSA) is 114 Å². The Morgan fingerprint density at radius 3 is 2.43 bits per heavy atom. The molecule has 116 valence electrons. The highest BCUT2D eigenvalue weighted by Crippen LogP contribution is 2.23. The van der Waals surface area contributed by atoms with Gasteiger partial charge in [-0.1, -0.05) is 20.8 Å². The van der Waals surface area contributed by atoms with Crippen LogP contribution in [0.25, 0.3) is 0 Å². The average Bonchev–Trinajstić information content (AvgIpc) is 2.68. The lowest BCUT2D eigenvalue weighted by Gasteiger charge is -2.30. The molecule has 1 heterocycles. The molecule has 1 aromatic heterocycles. The minimum atomic E-state index is -1.02. The van der Waals surface area contributed by atoms with Crippen LogP contribution in [0.4, 0.5) is 5.69 Å². The number of hydrogen-bond donors (Lipinski definition) is 2. The van der Waals surface area contributed by atoms with Gasteiger partial charge in [0.2, 0.25) is 0 Å². The Labute approximate surface area is 121 Å². The monoisotopic (exact) mass is 297 g/mol. The van der Waals surface area contributed by atoms with E-state index in [2.05, 4.69) is 5.32 Å². The van der Waals surface area contributed by atoms with E-state index in [9.17, 15) is 19.7 Å². The van der Waals surface area contributed by atoms with Crippen LogP contribution in [0.15, 0.2) is 12.3 Å². The van der Waals surface area contributed by atoms with E-state index in [-0.39, 0.29) is 17.8 Å². The molecular weight excluding hydrogens is 278 g/mol. The van der Waals surface area contributed by atoms with E-state index in [1.165, 1.54) is 17.8 Å². The first-order valence-corrected chi connectivity index (χ1v) is 6.35. The molecule has 1 rings (SSSR count). The molecule has 0 saturated heterocycles. The summed E-state index contributed by atoms with van der Waals surface area (Å²) in [4.78, 5) is 33.2. The smallest absolute Gasteiger partial charge is 0.305 e. The van der Waals surface area contributed by atoms with Crippen molar-refractivity contribution in [3.05, 3.63) is 28.1 Å². The van der Waals surface area contributed by atoms with Crippen molar-refractivity contribution in [2.45, 2.75) is 33.2 Å². The molecule has 1 unspecified atom stereocenters. The lowest BCUT2D eigenvalue weighted by atomic mass is 9.84. The largest absolute Gasteiger partial charge is 0.481 e. The number of hydrogen-bond acceptors (Lipinski definition) is 4. The number of nitrogens with one attached hydrogen (secondary N) is 1. The van der Waals surface area contributed by atoms with Gasteiger partial charge in [-0.2, -0.15) is 0 Å². The molecule has 0 aromatic carbocycles. The van der Waals surface area contributed by atoms with Gasteiger partial charge < -0.3 is 15.0 Å². The summed E-state index contributed by atoms with van der Waals surface area (Å²) in [6.07, 6.45) is 1.01. The Hall–Kier alpha value is -2.38. The Balaban J connectivity index is 2.97. The minimum Gasteiger partial charge on any atom is -0.481 e. The van der Waals surface area contributed by atoms with Crippen molar-refractivity contribution < 1.29 is 19.6 Å². The van der Waals surface area contributed by atoms with Gasteiger partial charge in [-0.15, -0.1) is 0 Å². The number of aromatic nitrogens is 1. The van der Waals surface area contributed by atoms with Gasteiger partial charge in [0.15, 0.2) is 0 Å². The number of carboxylic acids is 1. The number of amides is 1. The second-order valence-electron chi connectivity index (χ2n) is 5.94. The van der Waals surface area contributed by atoms with Crippen LogP contribution in [0.2, 0.25) is 0 Å². The van der Waals surface area contributed by atoms with E-state index in [0.29, 0.717) is 0 Å². The SMILES string of the molecule is Cn1cc([N+](=O)[O-])cc1C(=O)NC(CC(=O)O)C(C)(C)C. The molecule has 0 fully saturated rings. The predicted octanol–water partition coefficient (Wildman–Crippen LogP) is 1.55. The van der Waals surface area contributed by atoms with Crippen LogP contribution in [-0.4, -0.2) is 32.5 Å². The summed E-state index contributed by atoms with van der Waals surface area (Å²) < 4.78 is 1.34. The van der Waals surface area contributed by atoms with E-state index in [1.54, 1.807) is 0 Å². The lowest BCUT2D eigenvalue weighted by molar-refractivity contribution is -0.384. The Bertz CT molecular complexity index is 571. The molecule has 8 heteroatoms. The summed E-state index contributed by atoms with van der Waals surface area (Å²) in [6.45, 7) is 5.44. The number of carbonyl (C=O) groups excluding carboxylic acids is 1. The van der Waals surface area contributed by atoms with Crippen molar-refractivity contribution in [3.63, 3.8) is 0 Å². The maximum Gasteiger partial charge on any atom is 0.305 e. The maximum absolute atomic E-state index is 12.2. The third kappa shape index (κ3) is 4.30. The van der Waals surface area contributed by atoms with Gasteiger partial charge in [-0.05, 0) is 5.41 Å². The molecular formula is C13H19N3O5. The van der Waals surface area contributed by atoms with Crippen LogP contribution in [0.1, 0.15) is 37.7 Å². The quantitative estimate of drug-likeness (QED) is 0.632. The van der Waals surface area contributed by atoms with Gasteiger partial charge in [0, 0.05) is 19.2 Å². The van der Waals surface area contributed by atoms with Crippen LogP contribution in [0.5, 0.6) is 0 Å². The van der Waals surface area contributed by atoms with Crippen molar-refractivity contribution in [3.8, 4) is 0 Å². The molecule has 2 N–H and O–H groups in total. The predicted molar refractivity (Wildman–Crippen MR) is 75.0 cm³/mol. The summed E-state index contributed by atoms with van der Waals surface area (Å²) in [5.41, 5.74) is -0.528.